The molecule has 1 aromatic carbocycles. The van der Waals surface area contributed by atoms with Gasteiger partial charge in [0.15, 0.2) is 11.5 Å². The van der Waals surface area contributed by atoms with E-state index in [0.717, 1.165) is 45.5 Å². The summed E-state index contributed by atoms with van der Waals surface area (Å²) in [5, 5.41) is 15.6. The number of ether oxygens (including phenoxy) is 2. The summed E-state index contributed by atoms with van der Waals surface area (Å²) >= 11 is 5.14. The van der Waals surface area contributed by atoms with Crippen LogP contribution in [0.1, 0.15) is 12.5 Å². The van der Waals surface area contributed by atoms with Crippen molar-refractivity contribution in [1.29, 1.82) is 0 Å². The molecule has 1 aromatic heterocycles. The molecule has 0 saturated heterocycles. The lowest BCUT2D eigenvalue weighted by Crippen LogP contribution is -2.17. The summed E-state index contributed by atoms with van der Waals surface area (Å²) in [6, 6.07) is 4.04. The lowest BCUT2D eigenvalue weighted by molar-refractivity contribution is 0.309. The molecule has 0 saturated carbocycles. The van der Waals surface area contributed by atoms with Crippen LogP contribution in [0.15, 0.2) is 21.8 Å². The van der Waals surface area contributed by atoms with Crippen molar-refractivity contribution in [3.8, 4) is 11.5 Å². The number of rotatable bonds is 9. The van der Waals surface area contributed by atoms with E-state index in [1.807, 2.05) is 26.1 Å². The topological polar surface area (TPSA) is 74.1 Å². The van der Waals surface area contributed by atoms with Gasteiger partial charge in [-0.3, -0.25) is 0 Å². The molecule has 1 heterocycles. The number of benzene rings is 1. The Bertz CT molecular complexity index is 638. The predicted octanol–water partition coefficient (Wildman–Crippen LogP) is 2.26. The monoisotopic (exact) mass is 401 g/mol. The van der Waals surface area contributed by atoms with Gasteiger partial charge in [0.05, 0.1) is 18.2 Å². The summed E-state index contributed by atoms with van der Waals surface area (Å²) in [6.07, 6.45) is 0. The lowest BCUT2D eigenvalue weighted by Gasteiger charge is -2.13. The molecule has 7 nitrogen and oxygen atoms in total. The van der Waals surface area contributed by atoms with Crippen molar-refractivity contribution in [3.05, 3.63) is 22.2 Å². The molecule has 2 rings (SSSR count). The van der Waals surface area contributed by atoms with Crippen LogP contribution in [0.3, 0.4) is 0 Å². The van der Waals surface area contributed by atoms with Crippen LogP contribution in [0.5, 0.6) is 11.5 Å². The van der Waals surface area contributed by atoms with E-state index in [9.17, 15) is 0 Å². The minimum absolute atomic E-state index is 0.599. The van der Waals surface area contributed by atoms with Crippen molar-refractivity contribution < 1.29 is 9.47 Å². The summed E-state index contributed by atoms with van der Waals surface area (Å²) < 4.78 is 13.5. The number of halogens is 1. The van der Waals surface area contributed by atoms with Gasteiger partial charge in [-0.05, 0) is 51.0 Å². The molecule has 9 heteroatoms. The van der Waals surface area contributed by atoms with Gasteiger partial charge in [0.2, 0.25) is 5.16 Å². The normalized spacial score (nSPS) is 10.8. The van der Waals surface area contributed by atoms with Crippen molar-refractivity contribution in [1.82, 2.24) is 25.5 Å². The fourth-order valence-corrected chi connectivity index (χ4v) is 3.37. The molecule has 0 aliphatic rings. The highest BCUT2D eigenvalue weighted by molar-refractivity contribution is 9.10. The molecule has 1 N–H and O–H groups in total. The third-order valence-corrected chi connectivity index (χ3v) is 4.60. The van der Waals surface area contributed by atoms with Gasteiger partial charge in [-0.1, -0.05) is 11.8 Å². The second-order valence-corrected chi connectivity index (χ2v) is 6.57. The second kappa shape index (κ2) is 9.09. The van der Waals surface area contributed by atoms with Crippen LogP contribution in [-0.2, 0) is 13.6 Å². The van der Waals surface area contributed by atoms with E-state index in [1.165, 1.54) is 0 Å². The average Bonchev–Trinajstić information content (AvgIpc) is 2.92. The molecule has 126 valence electrons. The van der Waals surface area contributed by atoms with Gasteiger partial charge in [0.25, 0.3) is 0 Å². The number of aryl methyl sites for hydroxylation is 1. The number of tetrazole rings is 1. The summed E-state index contributed by atoms with van der Waals surface area (Å²) in [5.74, 6) is 2.37. The Hall–Kier alpha value is -1.32. The van der Waals surface area contributed by atoms with Crippen LogP contribution >= 0.6 is 27.7 Å². The van der Waals surface area contributed by atoms with Crippen LogP contribution < -0.4 is 14.8 Å². The maximum Gasteiger partial charge on any atom is 0.209 e. The minimum Gasteiger partial charge on any atom is -0.492 e. The summed E-state index contributed by atoms with van der Waals surface area (Å²) in [6.45, 7) is 4.16. The van der Waals surface area contributed by atoms with Crippen LogP contribution in [0.4, 0.5) is 0 Å². The Morgan fingerprint density at radius 1 is 1.39 bits per heavy atom. The van der Waals surface area contributed by atoms with E-state index >= 15 is 0 Å². The average molecular weight is 402 g/mol. The Morgan fingerprint density at radius 3 is 2.87 bits per heavy atom. The van der Waals surface area contributed by atoms with Crippen LogP contribution in [0.2, 0.25) is 0 Å². The Labute approximate surface area is 148 Å². The van der Waals surface area contributed by atoms with Crippen LogP contribution in [0.25, 0.3) is 0 Å². The molecule has 0 atom stereocenters. The van der Waals surface area contributed by atoms with E-state index in [1.54, 1.807) is 23.6 Å². The third kappa shape index (κ3) is 5.08. The number of hydrogen-bond donors (Lipinski definition) is 1. The second-order valence-electron chi connectivity index (χ2n) is 4.65. The first-order chi connectivity index (χ1) is 11.2. The minimum atomic E-state index is 0.599. The van der Waals surface area contributed by atoms with Crippen molar-refractivity contribution in [2.24, 2.45) is 7.05 Å². The van der Waals surface area contributed by atoms with E-state index in [0.29, 0.717) is 6.61 Å². The number of methoxy groups -OCH3 is 1. The van der Waals surface area contributed by atoms with Crippen LogP contribution in [0, 0.1) is 0 Å². The van der Waals surface area contributed by atoms with Gasteiger partial charge < -0.3 is 14.8 Å². The molecular formula is C14H20BrN5O2S. The van der Waals surface area contributed by atoms with Crippen molar-refractivity contribution in [2.45, 2.75) is 18.6 Å². The molecule has 0 aliphatic heterocycles. The Kier molecular flexibility index (Phi) is 7.13. The zero-order valence-electron chi connectivity index (χ0n) is 13.4. The summed E-state index contributed by atoms with van der Waals surface area (Å²) in [5.41, 5.74) is 1.13. The molecule has 23 heavy (non-hydrogen) atoms. The van der Waals surface area contributed by atoms with E-state index in [2.05, 4.69) is 36.8 Å². The summed E-state index contributed by atoms with van der Waals surface area (Å²) in [4.78, 5) is 0. The number of aromatic nitrogens is 4. The number of nitrogens with zero attached hydrogens (tertiary/aromatic N) is 4. The van der Waals surface area contributed by atoms with Crippen molar-refractivity contribution >= 4 is 27.7 Å². The summed E-state index contributed by atoms with van der Waals surface area (Å²) in [7, 11) is 3.47. The predicted molar refractivity (Wildman–Crippen MR) is 93.1 cm³/mol. The first-order valence-electron chi connectivity index (χ1n) is 7.20. The Balaban J connectivity index is 1.84. The maximum absolute atomic E-state index is 5.63. The van der Waals surface area contributed by atoms with Gasteiger partial charge in [-0.2, -0.15) is 0 Å². The molecule has 2 aromatic rings. The van der Waals surface area contributed by atoms with Crippen molar-refractivity contribution in [3.63, 3.8) is 0 Å². The molecule has 0 spiro atoms. The zero-order valence-corrected chi connectivity index (χ0v) is 15.8. The quantitative estimate of drug-likeness (QED) is 0.510. The van der Waals surface area contributed by atoms with E-state index in [4.69, 9.17) is 9.47 Å². The molecule has 0 bridgehead atoms. The fraction of sp³-hybridized carbons (Fsp3) is 0.500. The maximum atomic E-state index is 5.63. The highest BCUT2D eigenvalue weighted by Crippen LogP contribution is 2.36. The number of nitrogens with one attached hydrogen (secondary N) is 1. The van der Waals surface area contributed by atoms with E-state index in [-0.39, 0.29) is 0 Å². The smallest absolute Gasteiger partial charge is 0.209 e. The largest absolute Gasteiger partial charge is 0.492 e. The number of hydrogen-bond acceptors (Lipinski definition) is 7. The molecule has 0 amide bonds. The van der Waals surface area contributed by atoms with Gasteiger partial charge in [-0.15, -0.1) is 5.10 Å². The standard InChI is InChI=1S/C14H20BrN5O2S/c1-4-22-12-8-10(7-11(15)13(12)21-3)9-16-5-6-23-14-17-18-19-20(14)2/h7-8,16H,4-6,9H2,1-3H3. The van der Waals surface area contributed by atoms with Gasteiger partial charge in [0.1, 0.15) is 0 Å². The fourth-order valence-electron chi connectivity index (χ4n) is 1.98. The van der Waals surface area contributed by atoms with Gasteiger partial charge >= 0.3 is 0 Å². The molecule has 0 aliphatic carbocycles. The van der Waals surface area contributed by atoms with Gasteiger partial charge in [0, 0.05) is 25.9 Å². The third-order valence-electron chi connectivity index (χ3n) is 2.99. The van der Waals surface area contributed by atoms with Gasteiger partial charge in [-0.25, -0.2) is 4.68 Å². The molecule has 0 radical (unpaired) electrons. The Morgan fingerprint density at radius 2 is 2.22 bits per heavy atom. The highest BCUT2D eigenvalue weighted by atomic mass is 79.9. The first-order valence-corrected chi connectivity index (χ1v) is 8.98. The zero-order chi connectivity index (χ0) is 16.7. The van der Waals surface area contributed by atoms with Crippen molar-refractivity contribution in [2.75, 3.05) is 26.0 Å². The lowest BCUT2D eigenvalue weighted by atomic mass is 10.2. The molecular weight excluding hydrogens is 382 g/mol. The molecule has 0 unspecified atom stereocenters. The number of thioether (sulfide) groups is 1. The van der Waals surface area contributed by atoms with E-state index < -0.39 is 0 Å². The first kappa shape index (κ1) is 18.0. The SMILES string of the molecule is CCOc1cc(CNCCSc2nnnn2C)cc(Br)c1OC. The molecule has 0 fully saturated rings. The highest BCUT2D eigenvalue weighted by Gasteiger charge is 2.11. The van der Waals surface area contributed by atoms with Crippen LogP contribution in [-0.4, -0.2) is 46.2 Å².